The van der Waals surface area contributed by atoms with E-state index in [2.05, 4.69) is 27.6 Å². The molecule has 0 unspecified atom stereocenters. The number of aryl methyl sites for hydroxylation is 2. The van der Waals surface area contributed by atoms with Gasteiger partial charge in [0.05, 0.1) is 23.6 Å². The third-order valence-corrected chi connectivity index (χ3v) is 4.35. The fourth-order valence-electron chi connectivity index (χ4n) is 2.99. The van der Waals surface area contributed by atoms with E-state index in [0.29, 0.717) is 12.6 Å². The third kappa shape index (κ3) is 3.83. The SMILES string of the molecule is CCN(CC(=O)Nc1c(C)nn(C)c1C)C1CCNCC1. The van der Waals surface area contributed by atoms with Crippen LogP contribution in [0, 0.1) is 13.8 Å². The molecule has 0 saturated carbocycles. The molecule has 1 aromatic rings. The number of hydrogen-bond acceptors (Lipinski definition) is 4. The standard InChI is InChI=1S/C15H27N5O/c1-5-20(13-6-8-16-9-7-13)10-14(21)17-15-11(2)18-19(4)12(15)3/h13,16H,5-10H2,1-4H3,(H,17,21). The summed E-state index contributed by atoms with van der Waals surface area (Å²) >= 11 is 0. The summed E-state index contributed by atoms with van der Waals surface area (Å²) in [6, 6.07) is 0.512. The zero-order chi connectivity index (χ0) is 15.4. The van der Waals surface area contributed by atoms with Crippen molar-refractivity contribution in [3.63, 3.8) is 0 Å². The highest BCUT2D eigenvalue weighted by molar-refractivity contribution is 5.93. The van der Waals surface area contributed by atoms with Gasteiger partial charge in [0.1, 0.15) is 0 Å². The molecule has 1 amide bonds. The number of nitrogens with one attached hydrogen (secondary N) is 2. The van der Waals surface area contributed by atoms with Crippen molar-refractivity contribution in [2.24, 2.45) is 7.05 Å². The molecular weight excluding hydrogens is 266 g/mol. The molecule has 118 valence electrons. The molecule has 6 nitrogen and oxygen atoms in total. The van der Waals surface area contributed by atoms with E-state index in [1.165, 1.54) is 0 Å². The predicted octanol–water partition coefficient (Wildman–Crippen LogP) is 1.05. The van der Waals surface area contributed by atoms with Crippen LogP contribution in [0.2, 0.25) is 0 Å². The number of carbonyl (C=O) groups is 1. The Morgan fingerprint density at radius 1 is 1.43 bits per heavy atom. The van der Waals surface area contributed by atoms with Gasteiger partial charge in [-0.05, 0) is 46.3 Å². The van der Waals surface area contributed by atoms with Gasteiger partial charge in [0.15, 0.2) is 0 Å². The minimum absolute atomic E-state index is 0.0505. The number of piperidine rings is 1. The van der Waals surface area contributed by atoms with Gasteiger partial charge in [0, 0.05) is 13.1 Å². The van der Waals surface area contributed by atoms with E-state index in [1.54, 1.807) is 4.68 Å². The maximum Gasteiger partial charge on any atom is 0.238 e. The summed E-state index contributed by atoms with van der Waals surface area (Å²) in [6.45, 7) is 9.47. The fourth-order valence-corrected chi connectivity index (χ4v) is 2.99. The quantitative estimate of drug-likeness (QED) is 0.852. The van der Waals surface area contributed by atoms with Crippen LogP contribution in [-0.4, -0.2) is 52.8 Å². The van der Waals surface area contributed by atoms with Crippen molar-refractivity contribution in [1.82, 2.24) is 20.0 Å². The van der Waals surface area contributed by atoms with Gasteiger partial charge in [-0.15, -0.1) is 0 Å². The largest absolute Gasteiger partial charge is 0.322 e. The molecule has 1 fully saturated rings. The summed E-state index contributed by atoms with van der Waals surface area (Å²) in [7, 11) is 1.89. The first kappa shape index (κ1) is 16.0. The molecule has 0 aliphatic carbocycles. The number of likely N-dealkylation sites (N-methyl/N-ethyl adjacent to an activating group) is 1. The minimum atomic E-state index is 0.0505. The zero-order valence-electron chi connectivity index (χ0n) is 13.6. The number of anilines is 1. The van der Waals surface area contributed by atoms with Crippen LogP contribution in [0.1, 0.15) is 31.2 Å². The van der Waals surface area contributed by atoms with Gasteiger partial charge in [-0.3, -0.25) is 14.4 Å². The van der Waals surface area contributed by atoms with Crippen molar-refractivity contribution < 1.29 is 4.79 Å². The van der Waals surface area contributed by atoms with Crippen molar-refractivity contribution in [3.05, 3.63) is 11.4 Å². The molecular formula is C15H27N5O. The van der Waals surface area contributed by atoms with Crippen LogP contribution in [0.5, 0.6) is 0 Å². The van der Waals surface area contributed by atoms with Crippen LogP contribution in [0.25, 0.3) is 0 Å². The van der Waals surface area contributed by atoms with Gasteiger partial charge < -0.3 is 10.6 Å². The van der Waals surface area contributed by atoms with Crippen LogP contribution in [0.15, 0.2) is 0 Å². The van der Waals surface area contributed by atoms with Gasteiger partial charge in [-0.2, -0.15) is 5.10 Å². The van der Waals surface area contributed by atoms with Gasteiger partial charge in [-0.25, -0.2) is 0 Å². The van der Waals surface area contributed by atoms with Crippen molar-refractivity contribution in [1.29, 1.82) is 0 Å². The summed E-state index contributed by atoms with van der Waals surface area (Å²) in [5.74, 6) is 0.0505. The number of hydrogen-bond donors (Lipinski definition) is 2. The Morgan fingerprint density at radius 3 is 2.62 bits per heavy atom. The Labute approximate surface area is 126 Å². The molecule has 1 aromatic heterocycles. The molecule has 0 aromatic carbocycles. The second kappa shape index (κ2) is 7.04. The Kier molecular flexibility index (Phi) is 5.36. The van der Waals surface area contributed by atoms with E-state index in [1.807, 2.05) is 20.9 Å². The summed E-state index contributed by atoms with van der Waals surface area (Å²) < 4.78 is 1.80. The second-order valence-corrected chi connectivity index (χ2v) is 5.76. The summed E-state index contributed by atoms with van der Waals surface area (Å²) in [6.07, 6.45) is 2.23. The molecule has 2 heterocycles. The maximum absolute atomic E-state index is 12.3. The number of amides is 1. The first-order valence-electron chi connectivity index (χ1n) is 7.77. The number of aromatic nitrogens is 2. The van der Waals surface area contributed by atoms with E-state index in [9.17, 15) is 4.79 Å². The van der Waals surface area contributed by atoms with Gasteiger partial charge >= 0.3 is 0 Å². The lowest BCUT2D eigenvalue weighted by Gasteiger charge is -2.33. The minimum Gasteiger partial charge on any atom is -0.322 e. The molecule has 6 heteroatoms. The molecule has 1 saturated heterocycles. The number of carbonyl (C=O) groups excluding carboxylic acids is 1. The fraction of sp³-hybridized carbons (Fsp3) is 0.733. The van der Waals surface area contributed by atoms with Crippen LogP contribution in [0.4, 0.5) is 5.69 Å². The first-order valence-corrected chi connectivity index (χ1v) is 7.77. The topological polar surface area (TPSA) is 62.2 Å². The highest BCUT2D eigenvalue weighted by Gasteiger charge is 2.22. The van der Waals surface area contributed by atoms with Crippen molar-refractivity contribution >= 4 is 11.6 Å². The summed E-state index contributed by atoms with van der Waals surface area (Å²) in [4.78, 5) is 14.6. The molecule has 1 aliphatic rings. The lowest BCUT2D eigenvalue weighted by atomic mass is 10.0. The predicted molar refractivity (Wildman–Crippen MR) is 84.5 cm³/mol. The Balaban J connectivity index is 1.96. The van der Waals surface area contributed by atoms with E-state index in [0.717, 1.165) is 49.6 Å². The normalized spacial score (nSPS) is 16.4. The molecule has 0 atom stereocenters. The van der Waals surface area contributed by atoms with Crippen molar-refractivity contribution in [2.75, 3.05) is 31.5 Å². The number of rotatable bonds is 5. The lowest BCUT2D eigenvalue weighted by molar-refractivity contribution is -0.118. The van der Waals surface area contributed by atoms with Crippen LogP contribution in [-0.2, 0) is 11.8 Å². The molecule has 21 heavy (non-hydrogen) atoms. The van der Waals surface area contributed by atoms with Crippen LogP contribution >= 0.6 is 0 Å². The molecule has 1 aliphatic heterocycles. The van der Waals surface area contributed by atoms with E-state index < -0.39 is 0 Å². The van der Waals surface area contributed by atoms with Crippen molar-refractivity contribution in [3.8, 4) is 0 Å². The molecule has 0 radical (unpaired) electrons. The first-order chi connectivity index (χ1) is 10.0. The highest BCUT2D eigenvalue weighted by Crippen LogP contribution is 2.18. The maximum atomic E-state index is 12.3. The molecule has 2 rings (SSSR count). The monoisotopic (exact) mass is 293 g/mol. The second-order valence-electron chi connectivity index (χ2n) is 5.76. The Bertz CT molecular complexity index is 490. The molecule has 0 spiro atoms. The highest BCUT2D eigenvalue weighted by atomic mass is 16.2. The zero-order valence-corrected chi connectivity index (χ0v) is 13.6. The van der Waals surface area contributed by atoms with E-state index >= 15 is 0 Å². The van der Waals surface area contributed by atoms with Gasteiger partial charge in [0.25, 0.3) is 0 Å². The van der Waals surface area contributed by atoms with Crippen molar-refractivity contribution in [2.45, 2.75) is 39.7 Å². The Morgan fingerprint density at radius 2 is 2.10 bits per heavy atom. The molecule has 0 bridgehead atoms. The van der Waals surface area contributed by atoms with Crippen LogP contribution < -0.4 is 10.6 Å². The third-order valence-electron chi connectivity index (χ3n) is 4.35. The van der Waals surface area contributed by atoms with E-state index in [-0.39, 0.29) is 5.91 Å². The van der Waals surface area contributed by atoms with Gasteiger partial charge in [0.2, 0.25) is 5.91 Å². The van der Waals surface area contributed by atoms with Crippen LogP contribution in [0.3, 0.4) is 0 Å². The average Bonchev–Trinajstić information content (AvgIpc) is 2.72. The number of nitrogens with zero attached hydrogens (tertiary/aromatic N) is 3. The Hall–Kier alpha value is -1.40. The lowest BCUT2D eigenvalue weighted by Crippen LogP contribution is -2.46. The molecule has 2 N–H and O–H groups in total. The van der Waals surface area contributed by atoms with Gasteiger partial charge in [-0.1, -0.05) is 6.92 Å². The summed E-state index contributed by atoms with van der Waals surface area (Å²) in [5, 5.41) is 10.7. The summed E-state index contributed by atoms with van der Waals surface area (Å²) in [5.41, 5.74) is 2.71. The average molecular weight is 293 g/mol. The van der Waals surface area contributed by atoms with E-state index in [4.69, 9.17) is 0 Å². The smallest absolute Gasteiger partial charge is 0.238 e.